The van der Waals surface area contributed by atoms with Crippen LogP contribution in [-0.4, -0.2) is 32.2 Å². The lowest BCUT2D eigenvalue weighted by molar-refractivity contribution is -0.125. The van der Waals surface area contributed by atoms with Gasteiger partial charge in [0.05, 0.1) is 14.2 Å². The maximum Gasteiger partial charge on any atom is 0.342 e. The molecular weight excluding hydrogens is 238 g/mol. The standard InChI is InChI=1S/C12H15NO5/c1-7(11(13)14)18-12(15)9-6-8(16-2)4-5-10(9)17-3/h4-7H,1-3H3,(H2,13,14)/t7-/m0/s1. The fourth-order valence-electron chi connectivity index (χ4n) is 1.26. The molecule has 0 aromatic heterocycles. The average molecular weight is 253 g/mol. The number of carbonyl (C=O) groups excluding carboxylic acids is 2. The van der Waals surface area contributed by atoms with Crippen molar-refractivity contribution in [3.8, 4) is 11.5 Å². The summed E-state index contributed by atoms with van der Waals surface area (Å²) < 4.78 is 14.9. The van der Waals surface area contributed by atoms with Gasteiger partial charge < -0.3 is 19.9 Å². The smallest absolute Gasteiger partial charge is 0.342 e. The van der Waals surface area contributed by atoms with Crippen LogP contribution in [0.3, 0.4) is 0 Å². The zero-order chi connectivity index (χ0) is 13.7. The predicted molar refractivity (Wildman–Crippen MR) is 63.6 cm³/mol. The van der Waals surface area contributed by atoms with E-state index in [0.717, 1.165) is 0 Å². The van der Waals surface area contributed by atoms with E-state index in [2.05, 4.69) is 0 Å². The number of nitrogens with two attached hydrogens (primary N) is 1. The van der Waals surface area contributed by atoms with Crippen molar-refractivity contribution < 1.29 is 23.8 Å². The molecule has 1 aromatic rings. The van der Waals surface area contributed by atoms with Crippen LogP contribution in [0, 0.1) is 0 Å². The highest BCUT2D eigenvalue weighted by molar-refractivity contribution is 5.94. The molecule has 0 aliphatic rings. The highest BCUT2D eigenvalue weighted by atomic mass is 16.5. The summed E-state index contributed by atoms with van der Waals surface area (Å²) in [5.74, 6) is -0.603. The van der Waals surface area contributed by atoms with Crippen LogP contribution in [0.4, 0.5) is 0 Å². The molecular formula is C12H15NO5. The molecule has 0 saturated carbocycles. The highest BCUT2D eigenvalue weighted by Gasteiger charge is 2.20. The Morgan fingerprint density at radius 3 is 2.39 bits per heavy atom. The van der Waals surface area contributed by atoms with Crippen molar-refractivity contribution in [1.82, 2.24) is 0 Å². The molecule has 0 aliphatic carbocycles. The fraction of sp³-hybridized carbons (Fsp3) is 0.333. The van der Waals surface area contributed by atoms with Gasteiger partial charge in [-0.15, -0.1) is 0 Å². The first-order valence-electron chi connectivity index (χ1n) is 5.22. The Kier molecular flexibility index (Phi) is 4.53. The summed E-state index contributed by atoms with van der Waals surface area (Å²) in [5.41, 5.74) is 5.19. The molecule has 6 nitrogen and oxygen atoms in total. The monoisotopic (exact) mass is 253 g/mol. The number of hydrogen-bond donors (Lipinski definition) is 1. The average Bonchev–Trinajstić information content (AvgIpc) is 2.37. The van der Waals surface area contributed by atoms with Gasteiger partial charge in [-0.05, 0) is 25.1 Å². The molecule has 1 amide bonds. The number of benzene rings is 1. The first-order chi connectivity index (χ1) is 8.49. The minimum atomic E-state index is -1.01. The number of primary amides is 1. The minimum Gasteiger partial charge on any atom is -0.497 e. The molecule has 0 saturated heterocycles. The molecule has 2 N–H and O–H groups in total. The Hall–Kier alpha value is -2.24. The summed E-state index contributed by atoms with van der Waals surface area (Å²) in [7, 11) is 2.90. The Bertz CT molecular complexity index is 458. The molecule has 0 bridgehead atoms. The van der Waals surface area contributed by atoms with Crippen LogP contribution in [-0.2, 0) is 9.53 Å². The summed E-state index contributed by atoms with van der Waals surface area (Å²) in [6.07, 6.45) is -1.01. The van der Waals surface area contributed by atoms with Gasteiger partial charge in [-0.1, -0.05) is 0 Å². The van der Waals surface area contributed by atoms with Gasteiger partial charge >= 0.3 is 5.97 Å². The molecule has 0 radical (unpaired) electrons. The molecule has 0 spiro atoms. The zero-order valence-corrected chi connectivity index (χ0v) is 10.4. The number of esters is 1. The SMILES string of the molecule is COc1ccc(OC)c(C(=O)O[C@@H](C)C(N)=O)c1. The van der Waals surface area contributed by atoms with Crippen LogP contribution in [0.25, 0.3) is 0 Å². The predicted octanol–water partition coefficient (Wildman–Crippen LogP) is 0.734. The van der Waals surface area contributed by atoms with Crippen molar-refractivity contribution in [3.05, 3.63) is 23.8 Å². The van der Waals surface area contributed by atoms with Crippen LogP contribution >= 0.6 is 0 Å². The third-order valence-corrected chi connectivity index (χ3v) is 2.31. The van der Waals surface area contributed by atoms with Crippen LogP contribution in [0.5, 0.6) is 11.5 Å². The number of amides is 1. The third-order valence-electron chi connectivity index (χ3n) is 2.31. The maximum atomic E-state index is 11.8. The number of ether oxygens (including phenoxy) is 3. The van der Waals surface area contributed by atoms with E-state index in [1.807, 2.05) is 0 Å². The van der Waals surface area contributed by atoms with Crippen LogP contribution in [0.2, 0.25) is 0 Å². The molecule has 1 atom stereocenters. The van der Waals surface area contributed by atoms with Gasteiger partial charge in [-0.25, -0.2) is 4.79 Å². The maximum absolute atomic E-state index is 11.8. The molecule has 0 fully saturated rings. The largest absolute Gasteiger partial charge is 0.497 e. The summed E-state index contributed by atoms with van der Waals surface area (Å²) in [5, 5.41) is 0. The van der Waals surface area contributed by atoms with Gasteiger partial charge in [-0.2, -0.15) is 0 Å². The minimum absolute atomic E-state index is 0.171. The molecule has 98 valence electrons. The third kappa shape index (κ3) is 3.13. The highest BCUT2D eigenvalue weighted by Crippen LogP contribution is 2.24. The lowest BCUT2D eigenvalue weighted by Gasteiger charge is -2.12. The zero-order valence-electron chi connectivity index (χ0n) is 10.4. The van der Waals surface area contributed by atoms with Crippen molar-refractivity contribution in [2.24, 2.45) is 5.73 Å². The number of hydrogen-bond acceptors (Lipinski definition) is 5. The van der Waals surface area contributed by atoms with Gasteiger partial charge in [0.25, 0.3) is 5.91 Å². The van der Waals surface area contributed by atoms with E-state index in [-0.39, 0.29) is 5.56 Å². The number of carbonyl (C=O) groups is 2. The summed E-state index contributed by atoms with van der Waals surface area (Å²) in [6.45, 7) is 1.40. The number of methoxy groups -OCH3 is 2. The molecule has 0 aliphatic heterocycles. The Labute approximate surface area is 105 Å². The van der Waals surface area contributed by atoms with E-state index in [4.69, 9.17) is 19.9 Å². The molecule has 0 heterocycles. The van der Waals surface area contributed by atoms with Gasteiger partial charge in [0.15, 0.2) is 6.10 Å². The molecule has 0 unspecified atom stereocenters. The fourth-order valence-corrected chi connectivity index (χ4v) is 1.26. The van der Waals surface area contributed by atoms with Crippen molar-refractivity contribution in [1.29, 1.82) is 0 Å². The van der Waals surface area contributed by atoms with Crippen LogP contribution in [0.15, 0.2) is 18.2 Å². The van der Waals surface area contributed by atoms with Crippen molar-refractivity contribution in [2.45, 2.75) is 13.0 Å². The molecule has 1 aromatic carbocycles. The lowest BCUT2D eigenvalue weighted by atomic mass is 10.2. The summed E-state index contributed by atoms with van der Waals surface area (Å²) >= 11 is 0. The van der Waals surface area contributed by atoms with E-state index < -0.39 is 18.0 Å². The Morgan fingerprint density at radius 2 is 1.89 bits per heavy atom. The summed E-state index contributed by atoms with van der Waals surface area (Å²) in [6, 6.07) is 4.69. The van der Waals surface area contributed by atoms with Gasteiger partial charge in [-0.3, -0.25) is 4.79 Å². The van der Waals surface area contributed by atoms with Gasteiger partial charge in [0, 0.05) is 0 Å². The lowest BCUT2D eigenvalue weighted by Crippen LogP contribution is -2.30. The van der Waals surface area contributed by atoms with Gasteiger partial charge in [0.2, 0.25) is 0 Å². The van der Waals surface area contributed by atoms with E-state index in [9.17, 15) is 9.59 Å². The number of rotatable bonds is 5. The topological polar surface area (TPSA) is 87.8 Å². The first kappa shape index (κ1) is 13.8. The van der Waals surface area contributed by atoms with E-state index >= 15 is 0 Å². The summed E-state index contributed by atoms with van der Waals surface area (Å²) in [4.78, 5) is 22.7. The van der Waals surface area contributed by atoms with Crippen LogP contribution < -0.4 is 15.2 Å². The normalized spacial score (nSPS) is 11.5. The van der Waals surface area contributed by atoms with E-state index in [1.54, 1.807) is 12.1 Å². The molecule has 18 heavy (non-hydrogen) atoms. The van der Waals surface area contributed by atoms with Crippen molar-refractivity contribution in [3.63, 3.8) is 0 Å². The first-order valence-corrected chi connectivity index (χ1v) is 5.22. The second kappa shape index (κ2) is 5.90. The quantitative estimate of drug-likeness (QED) is 0.782. The van der Waals surface area contributed by atoms with Crippen molar-refractivity contribution >= 4 is 11.9 Å². The Balaban J connectivity index is 2.99. The second-order valence-electron chi connectivity index (χ2n) is 3.52. The van der Waals surface area contributed by atoms with E-state index in [0.29, 0.717) is 11.5 Å². The van der Waals surface area contributed by atoms with Crippen LogP contribution in [0.1, 0.15) is 17.3 Å². The van der Waals surface area contributed by atoms with Crippen molar-refractivity contribution in [2.75, 3.05) is 14.2 Å². The second-order valence-corrected chi connectivity index (χ2v) is 3.52. The Morgan fingerprint density at radius 1 is 1.22 bits per heavy atom. The van der Waals surface area contributed by atoms with E-state index in [1.165, 1.54) is 27.2 Å². The molecule has 1 rings (SSSR count). The van der Waals surface area contributed by atoms with Gasteiger partial charge in [0.1, 0.15) is 17.1 Å². The molecule has 6 heteroatoms.